The van der Waals surface area contributed by atoms with Crippen molar-refractivity contribution in [2.45, 2.75) is 72.4 Å². The van der Waals surface area contributed by atoms with Gasteiger partial charge in [0.1, 0.15) is 0 Å². The van der Waals surface area contributed by atoms with Crippen molar-refractivity contribution in [3.63, 3.8) is 0 Å². The molecule has 3 unspecified atom stereocenters. The normalized spacial score (nSPS) is 29.0. The van der Waals surface area contributed by atoms with E-state index in [9.17, 15) is 0 Å². The Morgan fingerprint density at radius 3 is 2.52 bits per heavy atom. The van der Waals surface area contributed by atoms with Gasteiger partial charge in [-0.1, -0.05) is 41.0 Å². The van der Waals surface area contributed by atoms with E-state index >= 15 is 0 Å². The first-order valence-electron chi connectivity index (χ1n) is 8.98. The summed E-state index contributed by atoms with van der Waals surface area (Å²) in [4.78, 5) is 2.67. The van der Waals surface area contributed by atoms with E-state index in [0.717, 1.165) is 44.7 Å². The lowest BCUT2D eigenvalue weighted by molar-refractivity contribution is 0.0230. The maximum atomic E-state index is 5.85. The van der Waals surface area contributed by atoms with Gasteiger partial charge in [-0.05, 0) is 31.6 Å². The van der Waals surface area contributed by atoms with Crippen LogP contribution in [0.25, 0.3) is 0 Å². The third-order valence-corrected chi connectivity index (χ3v) is 5.20. The molecule has 1 fully saturated rings. The van der Waals surface area contributed by atoms with E-state index in [1.165, 1.54) is 19.3 Å². The van der Waals surface area contributed by atoms with Gasteiger partial charge >= 0.3 is 0 Å². The summed E-state index contributed by atoms with van der Waals surface area (Å²) in [7, 11) is 0. The number of piperazine rings is 1. The first-order valence-corrected chi connectivity index (χ1v) is 8.98. The fourth-order valence-electron chi connectivity index (χ4n) is 3.02. The third-order valence-electron chi connectivity index (χ3n) is 5.20. The van der Waals surface area contributed by atoms with E-state index in [-0.39, 0.29) is 5.54 Å². The van der Waals surface area contributed by atoms with Crippen molar-refractivity contribution in [2.75, 3.05) is 32.8 Å². The van der Waals surface area contributed by atoms with Crippen LogP contribution < -0.4 is 5.32 Å². The largest absolute Gasteiger partial charge is 0.380 e. The number of rotatable bonds is 9. The molecule has 3 nitrogen and oxygen atoms in total. The number of nitrogens with one attached hydrogen (secondary N) is 1. The average molecular weight is 299 g/mol. The maximum absolute atomic E-state index is 5.85. The fraction of sp³-hybridized carbons (Fsp3) is 1.00. The van der Waals surface area contributed by atoms with Crippen LogP contribution >= 0.6 is 0 Å². The molecular weight excluding hydrogens is 260 g/mol. The second-order valence-electron chi connectivity index (χ2n) is 7.51. The van der Waals surface area contributed by atoms with Gasteiger partial charge in [-0.25, -0.2) is 0 Å². The van der Waals surface area contributed by atoms with E-state index < -0.39 is 0 Å². The van der Waals surface area contributed by atoms with Crippen LogP contribution in [0.4, 0.5) is 0 Å². The van der Waals surface area contributed by atoms with Crippen molar-refractivity contribution in [1.82, 2.24) is 10.2 Å². The van der Waals surface area contributed by atoms with Crippen molar-refractivity contribution >= 4 is 0 Å². The Balaban J connectivity index is 2.46. The molecule has 1 saturated heterocycles. The zero-order valence-electron chi connectivity index (χ0n) is 15.2. The molecule has 0 aromatic rings. The van der Waals surface area contributed by atoms with Crippen molar-refractivity contribution in [1.29, 1.82) is 0 Å². The van der Waals surface area contributed by atoms with Gasteiger partial charge in [0.2, 0.25) is 0 Å². The number of hydrogen-bond donors (Lipinski definition) is 1. The molecule has 0 aromatic heterocycles. The van der Waals surface area contributed by atoms with Crippen molar-refractivity contribution in [3.05, 3.63) is 0 Å². The van der Waals surface area contributed by atoms with E-state index in [1.54, 1.807) is 0 Å². The lowest BCUT2D eigenvalue weighted by Gasteiger charge is -2.48. The molecule has 1 heterocycles. The second-order valence-corrected chi connectivity index (χ2v) is 7.51. The summed E-state index contributed by atoms with van der Waals surface area (Å²) in [5.74, 6) is 1.48. The van der Waals surface area contributed by atoms with E-state index in [4.69, 9.17) is 4.74 Å². The minimum Gasteiger partial charge on any atom is -0.380 e. The Kier molecular flexibility index (Phi) is 8.22. The van der Waals surface area contributed by atoms with E-state index in [1.807, 2.05) is 0 Å². The molecule has 3 heteroatoms. The van der Waals surface area contributed by atoms with Crippen LogP contribution in [0.3, 0.4) is 0 Å². The summed E-state index contributed by atoms with van der Waals surface area (Å²) in [5, 5.41) is 3.77. The minimum atomic E-state index is 0.266. The molecule has 126 valence electrons. The van der Waals surface area contributed by atoms with Gasteiger partial charge < -0.3 is 10.1 Å². The van der Waals surface area contributed by atoms with Gasteiger partial charge in [0.25, 0.3) is 0 Å². The highest BCUT2D eigenvalue weighted by molar-refractivity contribution is 4.95. The second kappa shape index (κ2) is 9.12. The van der Waals surface area contributed by atoms with Crippen LogP contribution in [0.5, 0.6) is 0 Å². The van der Waals surface area contributed by atoms with Gasteiger partial charge in [-0.2, -0.15) is 0 Å². The molecule has 0 spiro atoms. The molecule has 1 aliphatic rings. The Morgan fingerprint density at radius 1 is 1.24 bits per heavy atom. The molecule has 0 aliphatic carbocycles. The van der Waals surface area contributed by atoms with Gasteiger partial charge in [0, 0.05) is 37.8 Å². The Hall–Kier alpha value is -0.120. The van der Waals surface area contributed by atoms with Crippen LogP contribution in [0.15, 0.2) is 0 Å². The van der Waals surface area contributed by atoms with Gasteiger partial charge in [-0.15, -0.1) is 0 Å². The third kappa shape index (κ3) is 6.25. The lowest BCUT2D eigenvalue weighted by atomic mass is 9.88. The maximum Gasteiger partial charge on any atom is 0.0593 e. The zero-order valence-corrected chi connectivity index (χ0v) is 15.2. The van der Waals surface area contributed by atoms with E-state index in [2.05, 4.69) is 51.8 Å². The predicted octanol–water partition coefficient (Wildman–Crippen LogP) is 3.54. The summed E-state index contributed by atoms with van der Waals surface area (Å²) >= 11 is 0. The average Bonchev–Trinajstić information content (AvgIpc) is 2.46. The predicted molar refractivity (Wildman–Crippen MR) is 91.8 cm³/mol. The first-order chi connectivity index (χ1) is 9.91. The van der Waals surface area contributed by atoms with Crippen molar-refractivity contribution in [2.24, 2.45) is 11.8 Å². The van der Waals surface area contributed by atoms with Crippen LogP contribution in [-0.2, 0) is 4.74 Å². The van der Waals surface area contributed by atoms with Crippen LogP contribution in [0, 0.1) is 11.8 Å². The first kappa shape index (κ1) is 18.9. The highest BCUT2D eigenvalue weighted by atomic mass is 16.5. The summed E-state index contributed by atoms with van der Waals surface area (Å²) in [5.41, 5.74) is 0.266. The molecule has 0 saturated carbocycles. The van der Waals surface area contributed by atoms with Crippen LogP contribution in [0.1, 0.15) is 60.8 Å². The molecule has 21 heavy (non-hydrogen) atoms. The highest BCUT2D eigenvalue weighted by Gasteiger charge is 2.35. The molecule has 0 bridgehead atoms. The van der Waals surface area contributed by atoms with Gasteiger partial charge in [-0.3, -0.25) is 4.90 Å². The van der Waals surface area contributed by atoms with Crippen molar-refractivity contribution in [3.8, 4) is 0 Å². The van der Waals surface area contributed by atoms with Crippen LogP contribution in [0.2, 0.25) is 0 Å². The monoisotopic (exact) mass is 298 g/mol. The summed E-state index contributed by atoms with van der Waals surface area (Å²) in [6, 6.07) is 0.656. The molecule has 0 aromatic carbocycles. The Morgan fingerprint density at radius 2 is 1.95 bits per heavy atom. The molecule has 1 aliphatic heterocycles. The smallest absolute Gasteiger partial charge is 0.0593 e. The standard InChI is InChI=1S/C18H38N2O/c1-7-16(5)17-13-19-18(6,8-2)14-20(17)10-12-21-11-9-15(3)4/h15-17,19H,7-14H2,1-6H3. The molecule has 3 atom stereocenters. The SMILES string of the molecule is CCC(C)C1CNC(C)(CC)CN1CCOCCC(C)C. The molecule has 0 amide bonds. The van der Waals surface area contributed by atoms with Gasteiger partial charge in [0.15, 0.2) is 0 Å². The van der Waals surface area contributed by atoms with Gasteiger partial charge in [0.05, 0.1) is 6.61 Å². The minimum absolute atomic E-state index is 0.266. The molecule has 0 radical (unpaired) electrons. The Bertz CT molecular complexity index is 282. The van der Waals surface area contributed by atoms with Crippen molar-refractivity contribution < 1.29 is 4.74 Å². The Labute approximate surface area is 132 Å². The summed E-state index contributed by atoms with van der Waals surface area (Å²) in [6.07, 6.45) is 3.61. The topological polar surface area (TPSA) is 24.5 Å². The summed E-state index contributed by atoms with van der Waals surface area (Å²) < 4.78 is 5.85. The summed E-state index contributed by atoms with van der Waals surface area (Å²) in [6.45, 7) is 18.9. The van der Waals surface area contributed by atoms with E-state index in [0.29, 0.717) is 6.04 Å². The zero-order chi connectivity index (χ0) is 15.9. The number of nitrogens with zero attached hydrogens (tertiary/aromatic N) is 1. The van der Waals surface area contributed by atoms with Crippen LogP contribution in [-0.4, -0.2) is 49.3 Å². The lowest BCUT2D eigenvalue weighted by Crippen LogP contribution is -2.64. The quantitative estimate of drug-likeness (QED) is 0.659. The molecular formula is C18H38N2O. The number of hydrogen-bond acceptors (Lipinski definition) is 3. The molecule has 1 N–H and O–H groups in total. The highest BCUT2D eigenvalue weighted by Crippen LogP contribution is 2.24. The fourth-order valence-corrected chi connectivity index (χ4v) is 3.02. The number of ether oxygens (including phenoxy) is 1. The molecule has 1 rings (SSSR count).